The molecule has 0 amide bonds. The number of benzene rings is 2. The van der Waals surface area contributed by atoms with Crippen LogP contribution in [0, 0.1) is 35.1 Å². The maximum atomic E-state index is 18.4. The van der Waals surface area contributed by atoms with Gasteiger partial charge in [0.25, 0.3) is 0 Å². The van der Waals surface area contributed by atoms with Gasteiger partial charge in [-0.15, -0.1) is 0 Å². The standard InChI is InChI=1S/2C16H27F2NSi.2C5H5.Ti/c2*1-8-19(20(6)7,16(4,5)12(2)3)15-10-9-13(17)11-14(15)18;2*1-2-4-5-3-1;/h2*9-10,12,20H,8H2,1-7H3;2*1-3H,4H2;/q2*+1;;;. The van der Waals surface area contributed by atoms with Crippen molar-refractivity contribution in [3.05, 3.63) is 91.7 Å². The Morgan fingerprint density at radius 3 is 1.20 bits per heavy atom. The van der Waals surface area contributed by atoms with Crippen molar-refractivity contribution in [3.8, 4) is 0 Å². The van der Waals surface area contributed by atoms with Crippen LogP contribution in [0.15, 0.2) is 68.5 Å². The minimum absolute atomic E-state index is 0.0861. The van der Waals surface area contributed by atoms with Gasteiger partial charge in [0.15, 0.2) is 0 Å². The molecule has 2 aromatic carbocycles. The Morgan fingerprint density at radius 2 is 0.961 bits per heavy atom. The van der Waals surface area contributed by atoms with Crippen molar-refractivity contribution >= 4 is 37.0 Å². The summed E-state index contributed by atoms with van der Waals surface area (Å²) >= 11 is -5.07. The molecule has 0 N–H and O–H groups in total. The first-order valence-corrected chi connectivity index (χ1v) is 27.9. The van der Waals surface area contributed by atoms with Crippen LogP contribution in [-0.4, -0.2) is 42.1 Å². The summed E-state index contributed by atoms with van der Waals surface area (Å²) in [5.41, 5.74) is 0.131. The molecule has 2 aliphatic rings. The number of rotatable bonds is 14. The number of halogens is 4. The van der Waals surface area contributed by atoms with E-state index >= 15 is 17.6 Å². The zero-order chi connectivity index (χ0) is 38.5. The van der Waals surface area contributed by atoms with Crippen LogP contribution in [0.1, 0.15) is 82.1 Å². The first kappa shape index (κ1) is 41.9. The van der Waals surface area contributed by atoms with E-state index in [1.54, 1.807) is 12.1 Å². The maximum absolute atomic E-state index is 18.4. The molecule has 2 nitrogen and oxygen atoms in total. The summed E-state index contributed by atoms with van der Waals surface area (Å²) in [4.78, 5) is 0. The van der Waals surface area contributed by atoms with Crippen LogP contribution in [0.2, 0.25) is 26.2 Å². The second kappa shape index (κ2) is 15.1. The van der Waals surface area contributed by atoms with Gasteiger partial charge in [-0.25, -0.2) is 0 Å². The molecule has 0 radical (unpaired) electrons. The first-order chi connectivity index (χ1) is 23.7. The SMILES string of the molecule is CC[N+](c1ccc(F)[c]([Ti]([C]2=CC=CC2)([C]2=CC=CC2)[c]2c(F)ccc([N+](CC)([SiH](C)C)C(C)(C)C(C)C)c2F)c1F)([SiH](C)C)C(C)(C)C(C)C. The number of hydrogen-bond donors (Lipinski definition) is 0. The van der Waals surface area contributed by atoms with Crippen LogP contribution in [0.25, 0.3) is 0 Å². The van der Waals surface area contributed by atoms with Crippen LogP contribution in [0.5, 0.6) is 0 Å². The summed E-state index contributed by atoms with van der Waals surface area (Å²) in [5, 5.41) is 0. The summed E-state index contributed by atoms with van der Waals surface area (Å²) in [7, 11) is -3.55. The Morgan fingerprint density at radius 1 is 0.627 bits per heavy atom. The van der Waals surface area contributed by atoms with E-state index in [0.29, 0.717) is 45.6 Å². The predicted molar refractivity (Wildman–Crippen MR) is 216 cm³/mol. The third kappa shape index (κ3) is 6.07. The molecular weight excluding hydrogens is 713 g/mol. The molecule has 2 aromatic rings. The normalized spacial score (nSPS) is 17.9. The average molecular weight is 777 g/mol. The zero-order valence-corrected chi connectivity index (χ0v) is 37.7. The summed E-state index contributed by atoms with van der Waals surface area (Å²) in [6, 6.07) is 6.10. The third-order valence-corrected chi connectivity index (χ3v) is 28.0. The van der Waals surface area contributed by atoms with E-state index in [2.05, 4.69) is 95.4 Å². The molecular formula is C42H64F4N2Si2Ti+2. The molecule has 2 aliphatic carbocycles. The number of quaternary nitrogens is 2. The van der Waals surface area contributed by atoms with Crippen molar-refractivity contribution in [2.75, 3.05) is 13.1 Å². The molecule has 0 fully saturated rings. The summed E-state index contributed by atoms with van der Waals surface area (Å²) in [6.45, 7) is 31.8. The average Bonchev–Trinajstić information content (AvgIpc) is 3.78. The summed E-state index contributed by atoms with van der Waals surface area (Å²) < 4.78 is 73.4. The molecule has 0 aliphatic heterocycles. The topological polar surface area (TPSA) is 0 Å². The third-order valence-electron chi connectivity index (χ3n) is 13.9. The van der Waals surface area contributed by atoms with E-state index in [-0.39, 0.29) is 30.6 Å². The van der Waals surface area contributed by atoms with E-state index in [9.17, 15) is 0 Å². The van der Waals surface area contributed by atoms with Gasteiger partial charge in [0.2, 0.25) is 0 Å². The van der Waals surface area contributed by atoms with E-state index in [1.165, 1.54) is 12.1 Å². The Kier molecular flexibility index (Phi) is 12.4. The molecule has 4 rings (SSSR count). The van der Waals surface area contributed by atoms with Crippen molar-refractivity contribution in [1.29, 1.82) is 0 Å². The van der Waals surface area contributed by atoms with E-state index in [0.717, 1.165) is 7.76 Å². The molecule has 280 valence electrons. The van der Waals surface area contributed by atoms with Crippen molar-refractivity contribution < 1.29 is 34.2 Å². The van der Waals surface area contributed by atoms with Gasteiger partial charge in [0.1, 0.15) is 0 Å². The van der Waals surface area contributed by atoms with Gasteiger partial charge in [0, 0.05) is 0 Å². The van der Waals surface area contributed by atoms with Crippen LogP contribution in [0.4, 0.5) is 28.9 Å². The Hall–Kier alpha value is -1.81. The van der Waals surface area contributed by atoms with Crippen LogP contribution >= 0.6 is 0 Å². The summed E-state index contributed by atoms with van der Waals surface area (Å²) in [6.07, 6.45) is 12.3. The number of allylic oxidation sites excluding steroid dienone is 8. The van der Waals surface area contributed by atoms with Gasteiger partial charge >= 0.3 is 315 Å². The van der Waals surface area contributed by atoms with Crippen molar-refractivity contribution in [2.45, 2.75) is 119 Å². The molecule has 0 heterocycles. The van der Waals surface area contributed by atoms with E-state index in [4.69, 9.17) is 0 Å². The number of nitrogens with zero attached hydrogens (tertiary/aromatic N) is 2. The fraction of sp³-hybridized carbons (Fsp3) is 0.524. The molecule has 9 heteroatoms. The number of hydrogen-bond acceptors (Lipinski definition) is 0. The second-order valence-corrected chi connectivity index (χ2v) is 29.1. The Labute approximate surface area is 313 Å². The zero-order valence-electron chi connectivity index (χ0n) is 33.8. The second-order valence-electron chi connectivity index (χ2n) is 17.1. The van der Waals surface area contributed by atoms with Gasteiger partial charge in [-0.1, -0.05) is 0 Å². The van der Waals surface area contributed by atoms with Gasteiger partial charge in [-0.2, -0.15) is 0 Å². The van der Waals surface area contributed by atoms with E-state index < -0.39 is 57.8 Å². The summed E-state index contributed by atoms with van der Waals surface area (Å²) in [5.74, 6) is -2.28. The van der Waals surface area contributed by atoms with E-state index in [1.807, 2.05) is 36.5 Å². The van der Waals surface area contributed by atoms with Gasteiger partial charge < -0.3 is 0 Å². The van der Waals surface area contributed by atoms with Crippen LogP contribution < -0.4 is 16.0 Å². The van der Waals surface area contributed by atoms with Gasteiger partial charge in [0.05, 0.1) is 0 Å². The fourth-order valence-electron chi connectivity index (χ4n) is 10.1. The minimum atomic E-state index is -5.07. The first-order valence-electron chi connectivity index (χ1n) is 19.2. The molecule has 2 atom stereocenters. The van der Waals surface area contributed by atoms with Gasteiger partial charge in [-0.05, 0) is 0 Å². The monoisotopic (exact) mass is 776 g/mol. The van der Waals surface area contributed by atoms with Crippen molar-refractivity contribution in [1.82, 2.24) is 8.30 Å². The fourth-order valence-corrected chi connectivity index (χ4v) is 24.6. The molecule has 0 saturated heterocycles. The predicted octanol–water partition coefficient (Wildman–Crippen LogP) is 10.5. The molecule has 51 heavy (non-hydrogen) atoms. The Bertz CT molecular complexity index is 1630. The molecule has 0 spiro atoms. The van der Waals surface area contributed by atoms with Crippen molar-refractivity contribution in [2.24, 2.45) is 11.8 Å². The molecule has 0 saturated carbocycles. The molecule has 0 bridgehead atoms. The van der Waals surface area contributed by atoms with Crippen molar-refractivity contribution in [3.63, 3.8) is 0 Å². The quantitative estimate of drug-likeness (QED) is 0.132. The Balaban J connectivity index is 2.32. The molecule has 2 unspecified atom stereocenters. The van der Waals surface area contributed by atoms with Gasteiger partial charge in [-0.3, -0.25) is 0 Å². The molecule has 0 aromatic heterocycles. The van der Waals surface area contributed by atoms with Crippen LogP contribution in [0.3, 0.4) is 0 Å². The van der Waals surface area contributed by atoms with Crippen LogP contribution in [-0.2, 0) is 16.6 Å².